The van der Waals surface area contributed by atoms with Crippen LogP contribution < -0.4 is 5.73 Å². The molecule has 1 fully saturated rings. The fourth-order valence-corrected chi connectivity index (χ4v) is 4.54. The smallest absolute Gasteiger partial charge is 0.150 e. The van der Waals surface area contributed by atoms with Gasteiger partial charge in [-0.15, -0.1) is 0 Å². The molecule has 0 heterocycles. The van der Waals surface area contributed by atoms with Crippen molar-refractivity contribution in [1.29, 1.82) is 0 Å². The van der Waals surface area contributed by atoms with Crippen molar-refractivity contribution in [3.63, 3.8) is 0 Å². The molecule has 2 aliphatic carbocycles. The van der Waals surface area contributed by atoms with Crippen LogP contribution in [-0.2, 0) is 9.84 Å². The minimum absolute atomic E-state index is 0.128. The summed E-state index contributed by atoms with van der Waals surface area (Å²) in [4.78, 5) is 0. The van der Waals surface area contributed by atoms with E-state index in [0.29, 0.717) is 5.92 Å². The second kappa shape index (κ2) is 5.74. The van der Waals surface area contributed by atoms with E-state index < -0.39 is 9.84 Å². The fraction of sp³-hybridized carbons (Fsp3) is 0.857. The monoisotopic (exact) mass is 271 g/mol. The highest BCUT2D eigenvalue weighted by molar-refractivity contribution is 7.91. The molecule has 0 saturated heterocycles. The van der Waals surface area contributed by atoms with E-state index in [1.54, 1.807) is 0 Å². The molecule has 3 unspecified atom stereocenters. The van der Waals surface area contributed by atoms with Crippen molar-refractivity contribution in [2.75, 3.05) is 6.26 Å². The number of allylic oxidation sites excluding steroid dienone is 1. The van der Waals surface area contributed by atoms with Crippen LogP contribution >= 0.6 is 0 Å². The normalized spacial score (nSPS) is 34.8. The van der Waals surface area contributed by atoms with Gasteiger partial charge in [-0.25, -0.2) is 8.42 Å². The lowest BCUT2D eigenvalue weighted by Crippen LogP contribution is -2.28. The maximum atomic E-state index is 11.7. The summed E-state index contributed by atoms with van der Waals surface area (Å²) in [5.74, 6) is 0.461. The maximum absolute atomic E-state index is 11.7. The molecular formula is C14H25NO2S. The van der Waals surface area contributed by atoms with E-state index in [2.05, 4.69) is 6.08 Å². The lowest BCUT2D eigenvalue weighted by molar-refractivity contribution is 0.390. The third-order valence-corrected chi connectivity index (χ3v) is 6.08. The van der Waals surface area contributed by atoms with Gasteiger partial charge in [0, 0.05) is 12.3 Å². The summed E-state index contributed by atoms with van der Waals surface area (Å²) in [7, 11) is -2.88. The van der Waals surface area contributed by atoms with E-state index in [0.717, 1.165) is 38.5 Å². The zero-order valence-electron chi connectivity index (χ0n) is 11.3. The number of rotatable bonds is 2. The highest BCUT2D eigenvalue weighted by atomic mass is 32.2. The van der Waals surface area contributed by atoms with E-state index in [1.807, 2.05) is 0 Å². The molecule has 0 aromatic carbocycles. The van der Waals surface area contributed by atoms with Gasteiger partial charge in [-0.1, -0.05) is 24.5 Å². The SMILES string of the molecule is CS(=O)(=O)C1CCCC(C2=CC(N)CCCC2)C1. The van der Waals surface area contributed by atoms with Crippen LogP contribution in [0.25, 0.3) is 0 Å². The van der Waals surface area contributed by atoms with Gasteiger partial charge in [0.15, 0.2) is 0 Å². The Morgan fingerprint density at radius 3 is 2.67 bits per heavy atom. The standard InChI is InChI=1S/C14H25NO2S/c1-18(16,17)14-8-4-6-12(10-14)11-5-2-3-7-13(15)9-11/h9,12-14H,2-8,10,15H2,1H3. The van der Waals surface area contributed by atoms with Crippen molar-refractivity contribution in [1.82, 2.24) is 0 Å². The van der Waals surface area contributed by atoms with Crippen molar-refractivity contribution in [3.05, 3.63) is 11.6 Å². The molecule has 0 aromatic rings. The third kappa shape index (κ3) is 3.58. The van der Waals surface area contributed by atoms with Crippen molar-refractivity contribution in [2.45, 2.75) is 62.7 Å². The third-order valence-electron chi connectivity index (χ3n) is 4.44. The highest BCUT2D eigenvalue weighted by Crippen LogP contribution is 2.36. The number of sulfone groups is 1. The molecule has 2 rings (SSSR count). The average molecular weight is 271 g/mol. The van der Waals surface area contributed by atoms with E-state index in [9.17, 15) is 8.42 Å². The topological polar surface area (TPSA) is 60.2 Å². The second-order valence-electron chi connectivity index (χ2n) is 5.97. The molecule has 0 aromatic heterocycles. The van der Waals surface area contributed by atoms with Gasteiger partial charge in [-0.3, -0.25) is 0 Å². The Labute approximate surface area is 111 Å². The van der Waals surface area contributed by atoms with Crippen molar-refractivity contribution in [2.24, 2.45) is 11.7 Å². The molecule has 0 radical (unpaired) electrons. The largest absolute Gasteiger partial charge is 0.324 e. The molecule has 18 heavy (non-hydrogen) atoms. The van der Waals surface area contributed by atoms with Gasteiger partial charge in [-0.05, 0) is 44.4 Å². The first-order valence-corrected chi connectivity index (χ1v) is 9.07. The molecule has 104 valence electrons. The molecule has 3 atom stereocenters. The van der Waals surface area contributed by atoms with Crippen LogP contribution in [0.3, 0.4) is 0 Å². The first kappa shape index (κ1) is 14.1. The lowest BCUT2D eigenvalue weighted by atomic mass is 9.81. The predicted octanol–water partition coefficient (Wildman–Crippen LogP) is 2.42. The summed E-state index contributed by atoms with van der Waals surface area (Å²) in [6, 6.07) is 0.182. The number of nitrogens with two attached hydrogens (primary N) is 1. The number of hydrogen-bond donors (Lipinski definition) is 1. The maximum Gasteiger partial charge on any atom is 0.150 e. The van der Waals surface area contributed by atoms with Crippen LogP contribution in [0.1, 0.15) is 51.4 Å². The lowest BCUT2D eigenvalue weighted by Gasteiger charge is -2.30. The Kier molecular flexibility index (Phi) is 4.49. The summed E-state index contributed by atoms with van der Waals surface area (Å²) in [5.41, 5.74) is 7.50. The van der Waals surface area contributed by atoms with Gasteiger partial charge in [0.05, 0.1) is 5.25 Å². The van der Waals surface area contributed by atoms with Crippen molar-refractivity contribution < 1.29 is 8.42 Å². The highest BCUT2D eigenvalue weighted by Gasteiger charge is 2.30. The predicted molar refractivity (Wildman–Crippen MR) is 75.1 cm³/mol. The zero-order valence-corrected chi connectivity index (χ0v) is 12.1. The quantitative estimate of drug-likeness (QED) is 0.785. The number of hydrogen-bond acceptors (Lipinski definition) is 3. The van der Waals surface area contributed by atoms with Crippen LogP contribution in [0.4, 0.5) is 0 Å². The summed E-state index contributed by atoms with van der Waals surface area (Å²) < 4.78 is 23.4. The Balaban J connectivity index is 2.08. The van der Waals surface area contributed by atoms with Crippen LogP contribution in [0, 0.1) is 5.92 Å². The second-order valence-corrected chi connectivity index (χ2v) is 8.29. The molecule has 4 heteroatoms. The van der Waals surface area contributed by atoms with E-state index in [-0.39, 0.29) is 11.3 Å². The minimum atomic E-state index is -2.88. The summed E-state index contributed by atoms with van der Waals surface area (Å²) in [6.45, 7) is 0. The Bertz CT molecular complexity index is 414. The van der Waals surface area contributed by atoms with Crippen molar-refractivity contribution >= 4 is 9.84 Å². The summed E-state index contributed by atoms with van der Waals surface area (Å²) in [5, 5.41) is -0.128. The first-order chi connectivity index (χ1) is 8.47. The van der Waals surface area contributed by atoms with Gasteiger partial charge in [-0.2, -0.15) is 0 Å². The van der Waals surface area contributed by atoms with Gasteiger partial charge in [0.2, 0.25) is 0 Å². The molecule has 0 bridgehead atoms. The van der Waals surface area contributed by atoms with Crippen LogP contribution in [0.5, 0.6) is 0 Å². The van der Waals surface area contributed by atoms with Crippen LogP contribution in [0.15, 0.2) is 11.6 Å². The first-order valence-electron chi connectivity index (χ1n) is 7.12. The van der Waals surface area contributed by atoms with Gasteiger partial charge >= 0.3 is 0 Å². The molecular weight excluding hydrogens is 246 g/mol. The molecule has 0 amide bonds. The van der Waals surface area contributed by atoms with Gasteiger partial charge < -0.3 is 5.73 Å². The van der Waals surface area contributed by atoms with E-state index in [1.165, 1.54) is 24.7 Å². The molecule has 3 nitrogen and oxygen atoms in total. The van der Waals surface area contributed by atoms with Crippen molar-refractivity contribution in [3.8, 4) is 0 Å². The minimum Gasteiger partial charge on any atom is -0.324 e. The van der Waals surface area contributed by atoms with Crippen LogP contribution in [-0.4, -0.2) is 26.0 Å². The Morgan fingerprint density at radius 1 is 1.17 bits per heavy atom. The molecule has 1 saturated carbocycles. The Morgan fingerprint density at radius 2 is 1.94 bits per heavy atom. The molecule has 2 N–H and O–H groups in total. The van der Waals surface area contributed by atoms with E-state index >= 15 is 0 Å². The van der Waals surface area contributed by atoms with Gasteiger partial charge in [0.25, 0.3) is 0 Å². The van der Waals surface area contributed by atoms with E-state index in [4.69, 9.17) is 5.73 Å². The molecule has 0 spiro atoms. The summed E-state index contributed by atoms with van der Waals surface area (Å²) in [6.07, 6.45) is 12.0. The molecule has 2 aliphatic rings. The summed E-state index contributed by atoms with van der Waals surface area (Å²) >= 11 is 0. The van der Waals surface area contributed by atoms with Crippen LogP contribution in [0.2, 0.25) is 0 Å². The zero-order chi connectivity index (χ0) is 13.2. The Hall–Kier alpha value is -0.350. The van der Waals surface area contributed by atoms with Gasteiger partial charge in [0.1, 0.15) is 9.84 Å². The average Bonchev–Trinajstić information content (AvgIpc) is 2.53. The fourth-order valence-electron chi connectivity index (χ4n) is 3.36. The molecule has 0 aliphatic heterocycles.